The van der Waals surface area contributed by atoms with E-state index in [1.807, 2.05) is 18.2 Å². The van der Waals surface area contributed by atoms with Crippen molar-refractivity contribution in [1.29, 1.82) is 0 Å². The average molecular weight is 378 g/mol. The quantitative estimate of drug-likeness (QED) is 0.618. The molecule has 0 radical (unpaired) electrons. The van der Waals surface area contributed by atoms with Gasteiger partial charge in [-0.15, -0.1) is 0 Å². The van der Waals surface area contributed by atoms with Crippen LogP contribution in [0.4, 0.5) is 4.79 Å². The number of amides is 2. The molecule has 3 aromatic rings. The van der Waals surface area contributed by atoms with Gasteiger partial charge in [-0.3, -0.25) is 4.90 Å². The first-order valence-corrected chi connectivity index (χ1v) is 9.72. The van der Waals surface area contributed by atoms with Crippen LogP contribution < -0.4 is 10.6 Å². The fourth-order valence-electron chi connectivity index (χ4n) is 3.43. The van der Waals surface area contributed by atoms with Crippen molar-refractivity contribution in [2.45, 2.75) is 19.6 Å². The molecule has 0 saturated carbocycles. The summed E-state index contributed by atoms with van der Waals surface area (Å²) in [6, 6.07) is 18.4. The highest BCUT2D eigenvalue weighted by molar-refractivity contribution is 5.80. The van der Waals surface area contributed by atoms with Crippen molar-refractivity contribution >= 4 is 16.9 Å². The van der Waals surface area contributed by atoms with Crippen molar-refractivity contribution in [2.24, 2.45) is 0 Å². The molecule has 1 fully saturated rings. The maximum absolute atomic E-state index is 12.1. The number of hydrogen-bond acceptors (Lipinski definition) is 3. The normalized spacial score (nSPS) is 14.9. The first-order chi connectivity index (χ1) is 13.8. The number of hydrogen-bond donors (Lipinski definition) is 3. The Morgan fingerprint density at radius 2 is 1.68 bits per heavy atom. The van der Waals surface area contributed by atoms with Crippen LogP contribution in [0.3, 0.4) is 0 Å². The van der Waals surface area contributed by atoms with Crippen molar-refractivity contribution in [3.63, 3.8) is 0 Å². The van der Waals surface area contributed by atoms with Crippen LogP contribution in [-0.2, 0) is 24.4 Å². The number of rotatable bonds is 6. The largest absolute Gasteiger partial charge is 0.379 e. The summed E-state index contributed by atoms with van der Waals surface area (Å²) in [5.41, 5.74) is 4.45. The van der Waals surface area contributed by atoms with E-state index >= 15 is 0 Å². The summed E-state index contributed by atoms with van der Waals surface area (Å²) < 4.78 is 5.38. The molecule has 0 bridgehead atoms. The summed E-state index contributed by atoms with van der Waals surface area (Å²) in [6.07, 6.45) is 0. The van der Waals surface area contributed by atoms with Crippen molar-refractivity contribution in [1.82, 2.24) is 20.5 Å². The Kier molecular flexibility index (Phi) is 5.89. The van der Waals surface area contributed by atoms with Crippen LogP contribution >= 0.6 is 0 Å². The van der Waals surface area contributed by atoms with Gasteiger partial charge in [-0.05, 0) is 28.6 Å². The fraction of sp³-hybridized carbons (Fsp3) is 0.318. The number of morpholine rings is 1. The Morgan fingerprint density at radius 1 is 0.964 bits per heavy atom. The molecule has 146 valence electrons. The van der Waals surface area contributed by atoms with E-state index in [0.29, 0.717) is 13.1 Å². The number of carbonyl (C=O) groups is 1. The van der Waals surface area contributed by atoms with E-state index in [4.69, 9.17) is 4.74 Å². The maximum atomic E-state index is 12.1. The van der Waals surface area contributed by atoms with E-state index in [2.05, 4.69) is 56.9 Å². The fourth-order valence-corrected chi connectivity index (χ4v) is 3.43. The zero-order chi connectivity index (χ0) is 19.2. The lowest BCUT2D eigenvalue weighted by Gasteiger charge is -2.26. The second kappa shape index (κ2) is 8.91. The van der Waals surface area contributed by atoms with E-state index in [1.54, 1.807) is 0 Å². The van der Waals surface area contributed by atoms with E-state index in [0.717, 1.165) is 55.0 Å². The molecule has 1 aliphatic rings. The van der Waals surface area contributed by atoms with Gasteiger partial charge in [0.1, 0.15) is 0 Å². The number of carbonyl (C=O) groups excluding carboxylic acids is 1. The van der Waals surface area contributed by atoms with Crippen molar-refractivity contribution in [2.75, 3.05) is 26.3 Å². The van der Waals surface area contributed by atoms with E-state index in [1.165, 1.54) is 5.56 Å². The highest BCUT2D eigenvalue weighted by Crippen LogP contribution is 2.14. The lowest BCUT2D eigenvalue weighted by Crippen LogP contribution is -2.35. The van der Waals surface area contributed by atoms with Gasteiger partial charge < -0.3 is 20.4 Å². The third kappa shape index (κ3) is 4.91. The van der Waals surface area contributed by atoms with Gasteiger partial charge in [0.15, 0.2) is 0 Å². The molecule has 3 N–H and O–H groups in total. The van der Waals surface area contributed by atoms with E-state index in [-0.39, 0.29) is 6.03 Å². The van der Waals surface area contributed by atoms with Crippen molar-refractivity contribution in [3.05, 3.63) is 71.4 Å². The van der Waals surface area contributed by atoms with Gasteiger partial charge in [-0.25, -0.2) is 4.79 Å². The summed E-state index contributed by atoms with van der Waals surface area (Å²) in [4.78, 5) is 17.8. The molecule has 4 rings (SSSR count). The Labute approximate surface area is 164 Å². The van der Waals surface area contributed by atoms with E-state index < -0.39 is 0 Å². The number of benzene rings is 2. The molecule has 1 saturated heterocycles. The predicted molar refractivity (Wildman–Crippen MR) is 110 cm³/mol. The second-order valence-corrected chi connectivity index (χ2v) is 7.12. The average Bonchev–Trinajstić information content (AvgIpc) is 3.15. The lowest BCUT2D eigenvalue weighted by atomic mass is 10.1. The molecule has 1 aromatic heterocycles. The molecule has 6 nitrogen and oxygen atoms in total. The summed E-state index contributed by atoms with van der Waals surface area (Å²) >= 11 is 0. The number of aromatic amines is 1. The minimum absolute atomic E-state index is 0.170. The minimum Gasteiger partial charge on any atom is -0.379 e. The van der Waals surface area contributed by atoms with Crippen LogP contribution in [0.25, 0.3) is 10.9 Å². The second-order valence-electron chi connectivity index (χ2n) is 7.12. The third-order valence-electron chi connectivity index (χ3n) is 5.01. The monoisotopic (exact) mass is 378 g/mol. The summed E-state index contributed by atoms with van der Waals surface area (Å²) in [5.74, 6) is 0. The summed E-state index contributed by atoms with van der Waals surface area (Å²) in [7, 11) is 0. The smallest absolute Gasteiger partial charge is 0.315 e. The van der Waals surface area contributed by atoms with Crippen LogP contribution in [0.15, 0.2) is 54.6 Å². The van der Waals surface area contributed by atoms with Gasteiger partial charge in [0.05, 0.1) is 19.8 Å². The molecule has 2 amide bonds. The first-order valence-electron chi connectivity index (χ1n) is 9.72. The Bertz CT molecular complexity index is 881. The molecule has 0 aliphatic carbocycles. The number of aromatic nitrogens is 1. The Balaban J connectivity index is 1.21. The molecule has 0 atom stereocenters. The highest BCUT2D eigenvalue weighted by atomic mass is 16.5. The van der Waals surface area contributed by atoms with Gasteiger partial charge in [0.2, 0.25) is 0 Å². The standard InChI is InChI=1S/C22H26N4O2/c27-22(24-15-20-13-19-3-1-2-4-21(19)25-20)23-14-17-5-7-18(8-6-17)16-26-9-11-28-12-10-26/h1-8,13,25H,9-12,14-16H2,(H2,23,24,27). The SMILES string of the molecule is O=C(NCc1ccc(CN2CCOCC2)cc1)NCc1cc2ccccc2[nH]1. The van der Waals surface area contributed by atoms with Crippen molar-refractivity contribution < 1.29 is 9.53 Å². The van der Waals surface area contributed by atoms with Crippen LogP contribution in [0, 0.1) is 0 Å². The molecule has 1 aliphatic heterocycles. The molecule has 28 heavy (non-hydrogen) atoms. The lowest BCUT2D eigenvalue weighted by molar-refractivity contribution is 0.0342. The minimum atomic E-state index is -0.170. The van der Waals surface area contributed by atoms with Crippen molar-refractivity contribution in [3.8, 4) is 0 Å². The molecule has 0 unspecified atom stereocenters. The molecule has 6 heteroatoms. The highest BCUT2D eigenvalue weighted by Gasteiger charge is 2.10. The number of para-hydroxylation sites is 1. The third-order valence-corrected chi connectivity index (χ3v) is 5.01. The van der Waals surface area contributed by atoms with Crippen LogP contribution in [-0.4, -0.2) is 42.2 Å². The molecule has 0 spiro atoms. The van der Waals surface area contributed by atoms with Gasteiger partial charge in [0, 0.05) is 37.4 Å². The number of ether oxygens (including phenoxy) is 1. The van der Waals surface area contributed by atoms with Gasteiger partial charge >= 0.3 is 6.03 Å². The van der Waals surface area contributed by atoms with Crippen LogP contribution in [0.2, 0.25) is 0 Å². The van der Waals surface area contributed by atoms with Gasteiger partial charge in [0.25, 0.3) is 0 Å². The van der Waals surface area contributed by atoms with Crippen LogP contribution in [0.1, 0.15) is 16.8 Å². The first kappa shape index (κ1) is 18.5. The molecule has 2 aromatic carbocycles. The summed E-state index contributed by atoms with van der Waals surface area (Å²) in [6.45, 7) is 5.53. The Morgan fingerprint density at radius 3 is 2.46 bits per heavy atom. The number of nitrogens with zero attached hydrogens (tertiary/aromatic N) is 1. The van der Waals surface area contributed by atoms with Crippen LogP contribution in [0.5, 0.6) is 0 Å². The molecule has 2 heterocycles. The molecular weight excluding hydrogens is 352 g/mol. The number of H-pyrrole nitrogens is 1. The number of nitrogens with one attached hydrogen (secondary N) is 3. The topological polar surface area (TPSA) is 69.4 Å². The Hall–Kier alpha value is -2.83. The number of fused-ring (bicyclic) bond motifs is 1. The zero-order valence-corrected chi connectivity index (χ0v) is 15.9. The maximum Gasteiger partial charge on any atom is 0.315 e. The summed E-state index contributed by atoms with van der Waals surface area (Å²) in [5, 5.41) is 6.96. The zero-order valence-electron chi connectivity index (χ0n) is 15.9. The van der Waals surface area contributed by atoms with Gasteiger partial charge in [-0.1, -0.05) is 42.5 Å². The van der Waals surface area contributed by atoms with Gasteiger partial charge in [-0.2, -0.15) is 0 Å². The molecular formula is C22H26N4O2. The van der Waals surface area contributed by atoms with E-state index in [9.17, 15) is 4.79 Å². The number of urea groups is 1. The predicted octanol–water partition coefficient (Wildman–Crippen LogP) is 3.00.